The van der Waals surface area contributed by atoms with Crippen molar-refractivity contribution < 1.29 is 22.7 Å². The highest BCUT2D eigenvalue weighted by atomic mass is 32.2. The molecule has 1 N–H and O–H groups in total. The van der Waals surface area contributed by atoms with E-state index in [9.17, 15) is 13.2 Å². The van der Waals surface area contributed by atoms with Crippen molar-refractivity contribution in [3.05, 3.63) is 70.1 Å². The molecular weight excluding hydrogens is 464 g/mol. The summed E-state index contributed by atoms with van der Waals surface area (Å²) in [5.74, 6) is 0.298. The molecule has 0 spiro atoms. The Morgan fingerprint density at radius 2 is 1.77 bits per heavy atom. The molecule has 8 heteroatoms. The molecule has 0 atom stereocenters. The van der Waals surface area contributed by atoms with E-state index in [1.165, 1.54) is 30.5 Å². The Labute approximate surface area is 207 Å². The zero-order valence-corrected chi connectivity index (χ0v) is 21.3. The van der Waals surface area contributed by atoms with Crippen LogP contribution in [-0.2, 0) is 21.4 Å². The third-order valence-corrected chi connectivity index (χ3v) is 8.47. The van der Waals surface area contributed by atoms with Gasteiger partial charge in [-0.2, -0.15) is 0 Å². The Balaban J connectivity index is 1.73. The average Bonchev–Trinajstić information content (AvgIpc) is 2.87. The molecule has 2 aliphatic rings. The molecule has 0 aromatic heterocycles. The highest BCUT2D eigenvalue weighted by Crippen LogP contribution is 2.45. The molecule has 1 amide bonds. The number of anilines is 1. The van der Waals surface area contributed by atoms with Gasteiger partial charge in [0.1, 0.15) is 0 Å². The van der Waals surface area contributed by atoms with E-state index in [1.54, 1.807) is 19.1 Å². The third-order valence-electron chi connectivity index (χ3n) is 6.56. The average molecular weight is 497 g/mol. The third kappa shape index (κ3) is 5.07. The van der Waals surface area contributed by atoms with Gasteiger partial charge in [0, 0.05) is 18.2 Å². The standard InChI is InChI=1S/C27H32N2O5S/c1-19-22-16-24(33-2)25(34-3)17-23(22)29(18-21-12-8-5-9-13-21)35(31,32)26(19)27(30)28-15-14-20-10-6-4-7-11-20/h5,8-10,12-13,16-17H,4,6-7,11,14-15,18H2,1-3H3,(H,28,30). The lowest BCUT2D eigenvalue weighted by atomic mass is 9.97. The lowest BCUT2D eigenvalue weighted by Crippen LogP contribution is -2.41. The van der Waals surface area contributed by atoms with Crippen LogP contribution in [0.15, 0.2) is 59.0 Å². The van der Waals surface area contributed by atoms with Gasteiger partial charge in [-0.15, -0.1) is 0 Å². The molecule has 0 saturated carbocycles. The first-order chi connectivity index (χ1) is 16.9. The number of amides is 1. The molecule has 35 heavy (non-hydrogen) atoms. The van der Waals surface area contributed by atoms with E-state index in [0.717, 1.165) is 31.2 Å². The summed E-state index contributed by atoms with van der Waals surface area (Å²) in [7, 11) is -1.10. The van der Waals surface area contributed by atoms with Crippen LogP contribution in [-0.4, -0.2) is 35.1 Å². The number of methoxy groups -OCH3 is 2. The molecule has 0 radical (unpaired) electrons. The smallest absolute Gasteiger partial charge is 0.270 e. The van der Waals surface area contributed by atoms with Crippen molar-refractivity contribution in [3.8, 4) is 11.5 Å². The fourth-order valence-electron chi connectivity index (χ4n) is 4.69. The molecule has 2 aromatic rings. The summed E-state index contributed by atoms with van der Waals surface area (Å²) < 4.78 is 39.9. The summed E-state index contributed by atoms with van der Waals surface area (Å²) in [5.41, 5.74) is 3.59. The summed E-state index contributed by atoms with van der Waals surface area (Å²) in [5, 5.41) is 2.85. The Bertz CT molecular complexity index is 1270. The number of benzene rings is 2. The van der Waals surface area contributed by atoms with Crippen LogP contribution in [0, 0.1) is 0 Å². The van der Waals surface area contributed by atoms with Crippen LogP contribution in [0.2, 0.25) is 0 Å². The Kier molecular flexibility index (Phi) is 7.50. The van der Waals surface area contributed by atoms with E-state index in [1.807, 2.05) is 30.3 Å². The Morgan fingerprint density at radius 3 is 2.43 bits per heavy atom. The SMILES string of the molecule is COc1cc2c(cc1OC)N(Cc1ccccc1)S(=O)(=O)C(C(=O)NCCC1=CCCCC1)=C2C. The van der Waals surface area contributed by atoms with E-state index in [-0.39, 0.29) is 11.4 Å². The van der Waals surface area contributed by atoms with Crippen molar-refractivity contribution in [2.75, 3.05) is 25.1 Å². The molecule has 7 nitrogen and oxygen atoms in total. The molecule has 0 fully saturated rings. The number of rotatable bonds is 8. The van der Waals surface area contributed by atoms with Crippen LogP contribution in [0.4, 0.5) is 5.69 Å². The molecule has 0 bridgehead atoms. The summed E-state index contributed by atoms with van der Waals surface area (Å²) in [6.45, 7) is 2.15. The highest BCUT2D eigenvalue weighted by Gasteiger charge is 2.40. The van der Waals surface area contributed by atoms with Gasteiger partial charge in [0.2, 0.25) is 0 Å². The summed E-state index contributed by atoms with van der Waals surface area (Å²) >= 11 is 0. The van der Waals surface area contributed by atoms with Crippen LogP contribution >= 0.6 is 0 Å². The van der Waals surface area contributed by atoms with Gasteiger partial charge in [-0.05, 0) is 56.2 Å². The second-order valence-corrected chi connectivity index (χ2v) is 10.6. The van der Waals surface area contributed by atoms with Gasteiger partial charge in [0.25, 0.3) is 15.9 Å². The summed E-state index contributed by atoms with van der Waals surface area (Å²) in [6.07, 6.45) is 7.43. The monoisotopic (exact) mass is 496 g/mol. The number of sulfonamides is 1. The molecule has 1 heterocycles. The minimum Gasteiger partial charge on any atom is -0.493 e. The predicted molar refractivity (Wildman–Crippen MR) is 138 cm³/mol. The van der Waals surface area contributed by atoms with Crippen molar-refractivity contribution in [1.82, 2.24) is 5.32 Å². The first-order valence-corrected chi connectivity index (χ1v) is 13.3. The second kappa shape index (κ2) is 10.6. The maximum atomic E-state index is 13.9. The van der Waals surface area contributed by atoms with E-state index in [2.05, 4.69) is 11.4 Å². The molecule has 4 rings (SSSR count). The highest BCUT2D eigenvalue weighted by molar-refractivity contribution is 7.97. The number of carbonyl (C=O) groups excluding carboxylic acids is 1. The van der Waals surface area contributed by atoms with Crippen molar-refractivity contribution in [2.24, 2.45) is 0 Å². The maximum absolute atomic E-state index is 13.9. The zero-order chi connectivity index (χ0) is 25.0. The molecule has 186 valence electrons. The molecule has 0 saturated heterocycles. The van der Waals surface area contributed by atoms with Crippen LogP contribution in [0.25, 0.3) is 5.57 Å². The van der Waals surface area contributed by atoms with Gasteiger partial charge in [-0.25, -0.2) is 8.42 Å². The molecule has 1 aliphatic carbocycles. The quantitative estimate of drug-likeness (QED) is 0.531. The summed E-state index contributed by atoms with van der Waals surface area (Å²) in [6, 6.07) is 12.7. The zero-order valence-electron chi connectivity index (χ0n) is 20.5. The lowest BCUT2D eigenvalue weighted by Gasteiger charge is -2.33. The topological polar surface area (TPSA) is 84.9 Å². The van der Waals surface area contributed by atoms with Gasteiger partial charge < -0.3 is 14.8 Å². The normalized spacial score (nSPS) is 16.9. The number of fused-ring (bicyclic) bond motifs is 1. The number of nitrogens with one attached hydrogen (secondary N) is 1. The van der Waals surface area contributed by atoms with Crippen molar-refractivity contribution in [2.45, 2.75) is 45.6 Å². The first kappa shape index (κ1) is 24.9. The number of nitrogens with zero attached hydrogens (tertiary/aromatic N) is 1. The second-order valence-electron chi connectivity index (χ2n) is 8.79. The van der Waals surface area contributed by atoms with Crippen LogP contribution in [0.5, 0.6) is 11.5 Å². The molecule has 0 unspecified atom stereocenters. The Hall–Kier alpha value is -3.26. The van der Waals surface area contributed by atoms with E-state index >= 15 is 0 Å². The minimum atomic E-state index is -4.13. The summed E-state index contributed by atoms with van der Waals surface area (Å²) in [4.78, 5) is 13.1. The maximum Gasteiger partial charge on any atom is 0.270 e. The molecule has 2 aromatic carbocycles. The van der Waals surface area contributed by atoms with Crippen LogP contribution < -0.4 is 19.1 Å². The lowest BCUT2D eigenvalue weighted by molar-refractivity contribution is -0.116. The fraction of sp³-hybridized carbons (Fsp3) is 0.370. The van der Waals surface area contributed by atoms with Crippen LogP contribution in [0.3, 0.4) is 0 Å². The van der Waals surface area contributed by atoms with E-state index in [0.29, 0.717) is 34.9 Å². The fourth-order valence-corrected chi connectivity index (χ4v) is 6.44. The van der Waals surface area contributed by atoms with Gasteiger partial charge in [0.05, 0.1) is 26.5 Å². The van der Waals surface area contributed by atoms with Crippen molar-refractivity contribution >= 4 is 27.2 Å². The number of hydrogen-bond donors (Lipinski definition) is 1. The number of carbonyl (C=O) groups is 1. The van der Waals surface area contributed by atoms with Gasteiger partial charge in [0.15, 0.2) is 16.4 Å². The van der Waals surface area contributed by atoms with Crippen LogP contribution in [0.1, 0.15) is 50.2 Å². The predicted octanol–water partition coefficient (Wildman–Crippen LogP) is 4.79. The number of allylic oxidation sites excluding steroid dienone is 2. The van der Waals surface area contributed by atoms with E-state index < -0.39 is 15.9 Å². The first-order valence-electron chi connectivity index (χ1n) is 11.9. The minimum absolute atomic E-state index is 0.0859. The van der Waals surface area contributed by atoms with Crippen molar-refractivity contribution in [1.29, 1.82) is 0 Å². The van der Waals surface area contributed by atoms with E-state index in [4.69, 9.17) is 9.47 Å². The Morgan fingerprint density at radius 1 is 1.06 bits per heavy atom. The van der Waals surface area contributed by atoms with Crippen molar-refractivity contribution in [3.63, 3.8) is 0 Å². The van der Waals surface area contributed by atoms with Gasteiger partial charge >= 0.3 is 0 Å². The van der Waals surface area contributed by atoms with Gasteiger partial charge in [-0.3, -0.25) is 9.10 Å². The largest absolute Gasteiger partial charge is 0.493 e. The number of hydrogen-bond acceptors (Lipinski definition) is 5. The van der Waals surface area contributed by atoms with Gasteiger partial charge in [-0.1, -0.05) is 42.0 Å². The molecule has 1 aliphatic heterocycles. The number of ether oxygens (including phenoxy) is 2. The molecular formula is C27H32N2O5S.